The van der Waals surface area contributed by atoms with Gasteiger partial charge in [0.15, 0.2) is 0 Å². The van der Waals surface area contributed by atoms with E-state index in [0.29, 0.717) is 35.5 Å². The molecule has 29 heavy (non-hydrogen) atoms. The van der Waals surface area contributed by atoms with Crippen LogP contribution in [0.2, 0.25) is 0 Å². The number of amides is 2. The first-order chi connectivity index (χ1) is 14.1. The Balaban J connectivity index is 1.90. The van der Waals surface area contributed by atoms with Crippen LogP contribution in [0.4, 0.5) is 5.69 Å². The number of aliphatic hydroxyl groups excluding tert-OH is 1. The fraction of sp³-hybridized carbons (Fsp3) is 0.182. The molecule has 0 bridgehead atoms. The van der Waals surface area contributed by atoms with Gasteiger partial charge in [0.1, 0.15) is 11.4 Å². The van der Waals surface area contributed by atoms with Gasteiger partial charge in [-0.25, -0.2) is 0 Å². The summed E-state index contributed by atoms with van der Waals surface area (Å²) in [7, 11) is 1.58. The molecule has 0 aliphatic carbocycles. The molecule has 1 aliphatic rings. The van der Waals surface area contributed by atoms with Crippen molar-refractivity contribution in [3.8, 4) is 5.75 Å². The lowest BCUT2D eigenvalue weighted by Gasteiger charge is -2.07. The second-order valence-electron chi connectivity index (χ2n) is 6.72. The summed E-state index contributed by atoms with van der Waals surface area (Å²) in [6.45, 7) is 0.650. The smallest absolute Gasteiger partial charge is 0.275 e. The van der Waals surface area contributed by atoms with Gasteiger partial charge < -0.3 is 19.7 Å². The highest BCUT2D eigenvalue weighted by Gasteiger charge is 2.33. The Kier molecular flexibility index (Phi) is 5.05. The lowest BCUT2D eigenvalue weighted by Crippen LogP contribution is -2.24. The van der Waals surface area contributed by atoms with Crippen LogP contribution in [0.3, 0.4) is 0 Å². The zero-order valence-corrected chi connectivity index (χ0v) is 15.9. The van der Waals surface area contributed by atoms with Crippen molar-refractivity contribution >= 4 is 34.0 Å². The molecule has 148 valence electrons. The Morgan fingerprint density at radius 2 is 1.90 bits per heavy atom. The zero-order chi connectivity index (χ0) is 20.4. The van der Waals surface area contributed by atoms with Crippen LogP contribution < -0.4 is 15.4 Å². The second kappa shape index (κ2) is 7.81. The first kappa shape index (κ1) is 18.8. The molecule has 7 nitrogen and oxygen atoms in total. The van der Waals surface area contributed by atoms with Crippen LogP contribution >= 0.6 is 0 Å². The highest BCUT2D eigenvalue weighted by Crippen LogP contribution is 2.34. The van der Waals surface area contributed by atoms with Crippen molar-refractivity contribution in [2.45, 2.75) is 13.0 Å². The van der Waals surface area contributed by atoms with Gasteiger partial charge in [-0.2, -0.15) is 0 Å². The summed E-state index contributed by atoms with van der Waals surface area (Å²) in [4.78, 5) is 25.2. The van der Waals surface area contributed by atoms with Gasteiger partial charge in [-0.3, -0.25) is 14.9 Å². The Labute approximate surface area is 167 Å². The number of imide groups is 1. The predicted molar refractivity (Wildman–Crippen MR) is 110 cm³/mol. The Hall–Kier alpha value is -3.58. The van der Waals surface area contributed by atoms with Crippen molar-refractivity contribution in [2.75, 3.05) is 19.0 Å². The topological polar surface area (TPSA) is 92.6 Å². The number of nitrogens with zero attached hydrogens (tertiary/aromatic N) is 1. The lowest BCUT2D eigenvalue weighted by atomic mass is 10.0. The van der Waals surface area contributed by atoms with E-state index >= 15 is 0 Å². The number of anilines is 1. The average Bonchev–Trinajstić information content (AvgIpc) is 3.22. The number of aromatic nitrogens is 1. The van der Waals surface area contributed by atoms with E-state index in [1.54, 1.807) is 7.11 Å². The molecule has 3 aromatic rings. The van der Waals surface area contributed by atoms with Crippen molar-refractivity contribution in [1.82, 2.24) is 9.88 Å². The highest BCUT2D eigenvalue weighted by atomic mass is 16.5. The predicted octanol–water partition coefficient (Wildman–Crippen LogP) is 2.51. The van der Waals surface area contributed by atoms with Crippen LogP contribution in [0, 0.1) is 0 Å². The number of rotatable bonds is 7. The number of benzene rings is 2. The molecular weight excluding hydrogens is 370 g/mol. The number of aliphatic hydroxyl groups is 1. The number of aryl methyl sites for hydroxylation is 1. The fourth-order valence-corrected chi connectivity index (χ4v) is 3.53. The molecule has 0 spiro atoms. The Bertz CT molecular complexity index is 1120. The lowest BCUT2D eigenvalue weighted by molar-refractivity contribution is -0.123. The van der Waals surface area contributed by atoms with E-state index in [1.165, 1.54) is 0 Å². The van der Waals surface area contributed by atoms with Crippen LogP contribution in [0.25, 0.3) is 16.5 Å². The van der Waals surface area contributed by atoms with Gasteiger partial charge in [-0.1, -0.05) is 18.2 Å². The number of hydrogen-bond donors (Lipinski definition) is 3. The van der Waals surface area contributed by atoms with Crippen molar-refractivity contribution in [3.63, 3.8) is 0 Å². The van der Waals surface area contributed by atoms with E-state index in [9.17, 15) is 14.7 Å². The van der Waals surface area contributed by atoms with Gasteiger partial charge in [-0.05, 0) is 36.8 Å². The molecule has 1 aromatic heterocycles. The van der Waals surface area contributed by atoms with E-state index < -0.39 is 11.8 Å². The Morgan fingerprint density at radius 3 is 2.62 bits per heavy atom. The summed E-state index contributed by atoms with van der Waals surface area (Å²) >= 11 is 0. The molecule has 3 N–H and O–H groups in total. The number of carbonyl (C=O) groups excluding carboxylic acids is 2. The summed E-state index contributed by atoms with van der Waals surface area (Å²) in [5.74, 6) is -0.257. The normalized spacial score (nSPS) is 13.9. The van der Waals surface area contributed by atoms with Crippen molar-refractivity contribution in [3.05, 3.63) is 66.0 Å². The van der Waals surface area contributed by atoms with Crippen molar-refractivity contribution < 1.29 is 19.4 Å². The van der Waals surface area contributed by atoms with Crippen LogP contribution in [0.1, 0.15) is 12.0 Å². The zero-order valence-electron chi connectivity index (χ0n) is 15.9. The highest BCUT2D eigenvalue weighted by molar-refractivity contribution is 6.38. The monoisotopic (exact) mass is 391 g/mol. The molecular formula is C22H21N3O4. The van der Waals surface area contributed by atoms with Crippen LogP contribution in [0.15, 0.2) is 60.4 Å². The summed E-state index contributed by atoms with van der Waals surface area (Å²) < 4.78 is 7.33. The molecule has 0 saturated carbocycles. The van der Waals surface area contributed by atoms with Gasteiger partial charge in [0.05, 0.1) is 12.7 Å². The van der Waals surface area contributed by atoms with Crippen molar-refractivity contribution in [2.24, 2.45) is 0 Å². The molecule has 0 fully saturated rings. The van der Waals surface area contributed by atoms with Gasteiger partial charge >= 0.3 is 0 Å². The number of ether oxygens (including phenoxy) is 1. The van der Waals surface area contributed by atoms with Gasteiger partial charge in [0.2, 0.25) is 0 Å². The summed E-state index contributed by atoms with van der Waals surface area (Å²) in [5, 5.41) is 15.5. The molecule has 7 heteroatoms. The van der Waals surface area contributed by atoms with Crippen LogP contribution in [-0.4, -0.2) is 35.2 Å². The number of fused-ring (bicyclic) bond motifs is 1. The third kappa shape index (κ3) is 3.48. The first-order valence-electron chi connectivity index (χ1n) is 9.32. The third-order valence-corrected chi connectivity index (χ3v) is 4.89. The van der Waals surface area contributed by atoms with E-state index in [-0.39, 0.29) is 12.3 Å². The fourth-order valence-electron chi connectivity index (χ4n) is 3.53. The minimum atomic E-state index is -0.465. The summed E-state index contributed by atoms with van der Waals surface area (Å²) in [6.07, 6.45) is 2.43. The molecule has 0 radical (unpaired) electrons. The average molecular weight is 391 g/mol. The van der Waals surface area contributed by atoms with Crippen LogP contribution in [-0.2, 0) is 16.1 Å². The summed E-state index contributed by atoms with van der Waals surface area (Å²) in [5.41, 5.74) is 2.75. The molecule has 0 saturated heterocycles. The standard InChI is InChI=1S/C22H21N3O4/c1-29-15-8-9-18-16(12-15)17(13-25(18)10-5-11-26)19-20(22(28)24-21(19)27)23-14-6-3-2-4-7-14/h2-4,6-9,12-13,26H,5,10-11H2,1H3,(H2,23,24,27,28). The molecule has 0 atom stereocenters. The number of hydrogen-bond acceptors (Lipinski definition) is 5. The quantitative estimate of drug-likeness (QED) is 0.538. The van der Waals surface area contributed by atoms with Crippen LogP contribution in [0.5, 0.6) is 5.75 Å². The molecule has 4 rings (SSSR count). The third-order valence-electron chi connectivity index (χ3n) is 4.89. The van der Waals surface area contributed by atoms with Gasteiger partial charge in [-0.15, -0.1) is 0 Å². The SMILES string of the molecule is COc1ccc2c(c1)c(C1=C(Nc3ccccc3)C(=O)NC1=O)cn2CCCO. The number of methoxy groups -OCH3 is 1. The van der Waals surface area contributed by atoms with Gasteiger partial charge in [0, 0.05) is 41.5 Å². The number of carbonyl (C=O) groups is 2. The van der Waals surface area contributed by atoms with E-state index in [0.717, 1.165) is 10.9 Å². The number of para-hydroxylation sites is 1. The second-order valence-corrected chi connectivity index (χ2v) is 6.72. The molecule has 2 heterocycles. The van der Waals surface area contributed by atoms with Crippen molar-refractivity contribution in [1.29, 1.82) is 0 Å². The molecule has 2 amide bonds. The van der Waals surface area contributed by atoms with E-state index in [2.05, 4.69) is 10.6 Å². The van der Waals surface area contributed by atoms with Gasteiger partial charge in [0.25, 0.3) is 11.8 Å². The number of nitrogens with one attached hydrogen (secondary N) is 2. The van der Waals surface area contributed by atoms with E-state index in [4.69, 9.17) is 4.74 Å². The minimum absolute atomic E-state index is 0.0631. The molecule has 2 aromatic carbocycles. The maximum atomic E-state index is 12.7. The van der Waals surface area contributed by atoms with E-state index in [1.807, 2.05) is 59.3 Å². The molecule has 0 unspecified atom stereocenters. The molecule has 1 aliphatic heterocycles. The minimum Gasteiger partial charge on any atom is -0.497 e. The maximum Gasteiger partial charge on any atom is 0.275 e. The summed E-state index contributed by atoms with van der Waals surface area (Å²) in [6, 6.07) is 14.8. The Morgan fingerprint density at radius 1 is 1.10 bits per heavy atom. The largest absolute Gasteiger partial charge is 0.497 e. The maximum absolute atomic E-state index is 12.7. The first-order valence-corrected chi connectivity index (χ1v) is 9.32.